The van der Waals surface area contributed by atoms with Crippen molar-refractivity contribution in [1.82, 2.24) is 5.32 Å². The highest BCUT2D eigenvalue weighted by Crippen LogP contribution is 2.34. The summed E-state index contributed by atoms with van der Waals surface area (Å²) in [5, 5.41) is 3.22. The summed E-state index contributed by atoms with van der Waals surface area (Å²) < 4.78 is 5.45. The summed E-state index contributed by atoms with van der Waals surface area (Å²) in [5.74, 6) is 0.211. The largest absolute Gasteiger partial charge is 0.495 e. The van der Waals surface area contributed by atoms with Gasteiger partial charge in [0.1, 0.15) is 5.75 Å². The van der Waals surface area contributed by atoms with Crippen molar-refractivity contribution in [1.29, 1.82) is 0 Å². The van der Waals surface area contributed by atoms with Crippen LogP contribution >= 0.6 is 0 Å². The number of benzene rings is 2. The smallest absolute Gasteiger partial charge is 0.227 e. The number of carbonyl (C=O) groups is 2. The highest BCUT2D eigenvalue weighted by molar-refractivity contribution is 6.01. The molecule has 0 aromatic heterocycles. The normalized spacial score (nSPS) is 19.1. The fourth-order valence-electron chi connectivity index (χ4n) is 4.81. The predicted octanol–water partition coefficient (Wildman–Crippen LogP) is 4.50. The van der Waals surface area contributed by atoms with E-state index in [0.717, 1.165) is 36.1 Å². The molecule has 164 valence electrons. The second-order valence-electron chi connectivity index (χ2n) is 8.79. The summed E-state index contributed by atoms with van der Waals surface area (Å²) in [6.45, 7) is 4.46. The fourth-order valence-corrected chi connectivity index (χ4v) is 4.81. The first-order chi connectivity index (χ1) is 15.0. The SMILES string of the molecule is CCC(NC(=O)C1CC(=O)N(c2cc(C)ccc2OC)C1)c1ccc2c(c1)CCCC2. The molecule has 2 amide bonds. The number of rotatable bonds is 6. The molecule has 2 unspecified atom stereocenters. The van der Waals surface area contributed by atoms with E-state index in [1.807, 2.05) is 25.1 Å². The Bertz CT molecular complexity index is 985. The lowest BCUT2D eigenvalue weighted by atomic mass is 9.88. The summed E-state index contributed by atoms with van der Waals surface area (Å²) in [6.07, 6.45) is 5.82. The van der Waals surface area contributed by atoms with Crippen LogP contribution in [0.5, 0.6) is 5.75 Å². The van der Waals surface area contributed by atoms with Gasteiger partial charge in [-0.2, -0.15) is 0 Å². The molecule has 1 heterocycles. The van der Waals surface area contributed by atoms with Crippen LogP contribution in [0.1, 0.15) is 60.9 Å². The molecule has 2 aromatic carbocycles. The average molecular weight is 421 g/mol. The maximum absolute atomic E-state index is 13.1. The third-order valence-corrected chi connectivity index (χ3v) is 6.62. The zero-order chi connectivity index (χ0) is 22.0. The van der Waals surface area contributed by atoms with E-state index in [4.69, 9.17) is 4.74 Å². The van der Waals surface area contributed by atoms with Gasteiger partial charge in [-0.25, -0.2) is 0 Å². The Hall–Kier alpha value is -2.82. The van der Waals surface area contributed by atoms with Gasteiger partial charge in [0.15, 0.2) is 0 Å². The van der Waals surface area contributed by atoms with Gasteiger partial charge >= 0.3 is 0 Å². The van der Waals surface area contributed by atoms with E-state index >= 15 is 0 Å². The molecular weight excluding hydrogens is 388 g/mol. The van der Waals surface area contributed by atoms with Crippen LogP contribution in [0.2, 0.25) is 0 Å². The quantitative estimate of drug-likeness (QED) is 0.748. The van der Waals surface area contributed by atoms with Crippen molar-refractivity contribution in [2.45, 2.75) is 58.4 Å². The molecular formula is C26H32N2O3. The lowest BCUT2D eigenvalue weighted by molar-refractivity contribution is -0.127. The van der Waals surface area contributed by atoms with Gasteiger partial charge in [0, 0.05) is 13.0 Å². The molecule has 5 nitrogen and oxygen atoms in total. The van der Waals surface area contributed by atoms with Crippen molar-refractivity contribution in [3.63, 3.8) is 0 Å². The molecule has 1 N–H and O–H groups in total. The maximum atomic E-state index is 13.1. The van der Waals surface area contributed by atoms with Gasteiger partial charge in [-0.15, -0.1) is 0 Å². The number of fused-ring (bicyclic) bond motifs is 1. The molecule has 2 atom stereocenters. The van der Waals surface area contributed by atoms with Gasteiger partial charge in [-0.05, 0) is 73.4 Å². The number of hydrogen-bond donors (Lipinski definition) is 1. The summed E-state index contributed by atoms with van der Waals surface area (Å²) >= 11 is 0. The van der Waals surface area contributed by atoms with Crippen molar-refractivity contribution < 1.29 is 14.3 Å². The number of nitrogens with zero attached hydrogens (tertiary/aromatic N) is 1. The summed E-state index contributed by atoms with van der Waals surface area (Å²) in [5.41, 5.74) is 5.82. The number of aryl methyl sites for hydroxylation is 3. The van der Waals surface area contributed by atoms with E-state index in [0.29, 0.717) is 12.3 Å². The monoisotopic (exact) mass is 420 g/mol. The molecule has 2 aromatic rings. The number of amides is 2. The van der Waals surface area contributed by atoms with Crippen LogP contribution < -0.4 is 15.0 Å². The Kier molecular flexibility index (Phi) is 6.30. The van der Waals surface area contributed by atoms with Crippen LogP contribution in [0.3, 0.4) is 0 Å². The number of hydrogen-bond acceptors (Lipinski definition) is 3. The van der Waals surface area contributed by atoms with Gasteiger partial charge in [-0.1, -0.05) is 31.2 Å². The van der Waals surface area contributed by atoms with Crippen LogP contribution in [-0.4, -0.2) is 25.5 Å². The van der Waals surface area contributed by atoms with Crippen molar-refractivity contribution in [2.75, 3.05) is 18.6 Å². The van der Waals surface area contributed by atoms with Gasteiger partial charge in [0.05, 0.1) is 24.8 Å². The molecule has 1 aliphatic carbocycles. The van der Waals surface area contributed by atoms with E-state index in [1.165, 1.54) is 24.0 Å². The van der Waals surface area contributed by atoms with Crippen molar-refractivity contribution in [3.8, 4) is 5.75 Å². The molecule has 31 heavy (non-hydrogen) atoms. The van der Waals surface area contributed by atoms with Crippen LogP contribution in [0.4, 0.5) is 5.69 Å². The Morgan fingerprint density at radius 1 is 1.16 bits per heavy atom. The van der Waals surface area contributed by atoms with E-state index in [-0.39, 0.29) is 30.2 Å². The topological polar surface area (TPSA) is 58.6 Å². The van der Waals surface area contributed by atoms with E-state index in [9.17, 15) is 9.59 Å². The molecule has 0 bridgehead atoms. The number of nitrogens with one attached hydrogen (secondary N) is 1. The Morgan fingerprint density at radius 3 is 2.68 bits per heavy atom. The molecule has 1 fully saturated rings. The number of carbonyl (C=O) groups excluding carboxylic acids is 2. The molecule has 0 radical (unpaired) electrons. The molecule has 0 saturated carbocycles. The van der Waals surface area contributed by atoms with Crippen LogP contribution in [0.25, 0.3) is 0 Å². The van der Waals surface area contributed by atoms with Crippen molar-refractivity contribution in [2.24, 2.45) is 5.92 Å². The number of anilines is 1. The number of ether oxygens (including phenoxy) is 1. The maximum Gasteiger partial charge on any atom is 0.227 e. The van der Waals surface area contributed by atoms with Crippen LogP contribution in [0, 0.1) is 12.8 Å². The third kappa shape index (κ3) is 4.46. The second kappa shape index (κ2) is 9.13. The molecule has 0 spiro atoms. The van der Waals surface area contributed by atoms with E-state index in [1.54, 1.807) is 12.0 Å². The summed E-state index contributed by atoms with van der Waals surface area (Å²) in [6, 6.07) is 12.4. The van der Waals surface area contributed by atoms with Gasteiger partial charge in [-0.3, -0.25) is 9.59 Å². The highest BCUT2D eigenvalue weighted by atomic mass is 16.5. The lowest BCUT2D eigenvalue weighted by Gasteiger charge is -2.23. The fraction of sp³-hybridized carbons (Fsp3) is 0.462. The minimum Gasteiger partial charge on any atom is -0.495 e. The van der Waals surface area contributed by atoms with Crippen molar-refractivity contribution >= 4 is 17.5 Å². The van der Waals surface area contributed by atoms with Gasteiger partial charge in [0.2, 0.25) is 11.8 Å². The first-order valence-corrected chi connectivity index (χ1v) is 11.4. The van der Waals surface area contributed by atoms with Gasteiger partial charge < -0.3 is 15.0 Å². The predicted molar refractivity (Wildman–Crippen MR) is 122 cm³/mol. The first kappa shape index (κ1) is 21.4. The summed E-state index contributed by atoms with van der Waals surface area (Å²) in [4.78, 5) is 27.5. The third-order valence-electron chi connectivity index (χ3n) is 6.62. The Morgan fingerprint density at radius 2 is 1.94 bits per heavy atom. The molecule has 4 rings (SSSR count). The molecule has 2 aliphatic rings. The van der Waals surface area contributed by atoms with Gasteiger partial charge in [0.25, 0.3) is 0 Å². The van der Waals surface area contributed by atoms with E-state index < -0.39 is 0 Å². The Labute approximate surface area is 184 Å². The molecule has 5 heteroatoms. The number of methoxy groups -OCH3 is 1. The summed E-state index contributed by atoms with van der Waals surface area (Å²) in [7, 11) is 1.60. The average Bonchev–Trinajstić information content (AvgIpc) is 3.18. The zero-order valence-corrected chi connectivity index (χ0v) is 18.7. The standard InChI is InChI=1S/C26H32N2O3/c1-4-22(20-11-10-18-7-5-6-8-19(18)14-20)27-26(30)21-15-25(29)28(16-21)23-13-17(2)9-12-24(23)31-3/h9-14,21-22H,4-8,15-16H2,1-3H3,(H,27,30). The van der Waals surface area contributed by atoms with Crippen molar-refractivity contribution in [3.05, 3.63) is 58.7 Å². The van der Waals surface area contributed by atoms with Crippen LogP contribution in [-0.2, 0) is 22.4 Å². The molecule has 1 saturated heterocycles. The van der Waals surface area contributed by atoms with E-state index in [2.05, 4.69) is 30.4 Å². The minimum absolute atomic E-state index is 0.0302. The van der Waals surface area contributed by atoms with Crippen LogP contribution in [0.15, 0.2) is 36.4 Å². The second-order valence-corrected chi connectivity index (χ2v) is 8.79. The zero-order valence-electron chi connectivity index (χ0n) is 18.7. The first-order valence-electron chi connectivity index (χ1n) is 11.4. The Balaban J connectivity index is 1.47. The molecule has 1 aliphatic heterocycles. The lowest BCUT2D eigenvalue weighted by Crippen LogP contribution is -2.35. The minimum atomic E-state index is -0.357. The highest BCUT2D eigenvalue weighted by Gasteiger charge is 2.37.